The third-order valence-corrected chi connectivity index (χ3v) is 5.39. The van der Waals surface area contributed by atoms with Crippen molar-refractivity contribution in [2.75, 3.05) is 11.6 Å². The first-order valence-electron chi connectivity index (χ1n) is 8.44. The van der Waals surface area contributed by atoms with Gasteiger partial charge in [-0.15, -0.1) is 0 Å². The second-order valence-electron chi connectivity index (χ2n) is 6.29. The Balaban J connectivity index is 2.09. The molecule has 3 aromatic carbocycles. The van der Waals surface area contributed by atoms with E-state index < -0.39 is 9.84 Å². The molecule has 0 heterocycles. The van der Waals surface area contributed by atoms with Gasteiger partial charge in [-0.3, -0.25) is 0 Å². The number of anilines is 1. The summed E-state index contributed by atoms with van der Waals surface area (Å²) >= 11 is 0. The minimum atomic E-state index is -3.26. The van der Waals surface area contributed by atoms with Crippen LogP contribution in [0.15, 0.2) is 83.8 Å². The average molecular weight is 381 g/mol. The highest BCUT2D eigenvalue weighted by atomic mass is 32.2. The van der Waals surface area contributed by atoms with E-state index in [-0.39, 0.29) is 10.7 Å². The first-order chi connectivity index (χ1) is 12.8. The van der Waals surface area contributed by atoms with Crippen LogP contribution < -0.4 is 5.32 Å². The summed E-state index contributed by atoms with van der Waals surface area (Å²) in [6.07, 6.45) is 1.19. The fourth-order valence-electron chi connectivity index (χ4n) is 2.76. The molecule has 3 rings (SSSR count). The second-order valence-corrected chi connectivity index (χ2v) is 8.31. The number of allylic oxidation sites excluding steroid dienone is 1. The van der Waals surface area contributed by atoms with Crippen molar-refractivity contribution in [2.45, 2.75) is 11.8 Å². The molecule has 0 aromatic heterocycles. The van der Waals surface area contributed by atoms with E-state index in [1.54, 1.807) is 36.4 Å². The zero-order valence-corrected chi connectivity index (χ0v) is 15.9. The van der Waals surface area contributed by atoms with E-state index >= 15 is 0 Å². The van der Waals surface area contributed by atoms with Gasteiger partial charge in [-0.2, -0.15) is 0 Å². The fourth-order valence-corrected chi connectivity index (χ4v) is 3.39. The number of para-hydroxylation sites is 1. The van der Waals surface area contributed by atoms with Crippen molar-refractivity contribution >= 4 is 26.8 Å². The van der Waals surface area contributed by atoms with Crippen molar-refractivity contribution < 1.29 is 12.8 Å². The van der Waals surface area contributed by atoms with Crippen molar-refractivity contribution in [3.8, 4) is 0 Å². The summed E-state index contributed by atoms with van der Waals surface area (Å²) in [6, 6.07) is 22.7. The van der Waals surface area contributed by atoms with Gasteiger partial charge in [-0.25, -0.2) is 12.8 Å². The van der Waals surface area contributed by atoms with Crippen LogP contribution >= 0.6 is 0 Å². The average Bonchev–Trinajstić information content (AvgIpc) is 2.66. The standard InChI is InChI=1S/C22H20FNO2S/c1-16(17-8-12-19(23)13-9-17)22(24-20-6-4-3-5-7-20)18-10-14-21(15-11-18)27(2,25)26/h3-15,24H,1-2H3/b22-16+. The number of nitrogens with one attached hydrogen (secondary N) is 1. The Labute approximate surface area is 159 Å². The normalized spacial score (nSPS) is 12.4. The largest absolute Gasteiger partial charge is 0.355 e. The number of sulfone groups is 1. The van der Waals surface area contributed by atoms with Crippen molar-refractivity contribution in [1.29, 1.82) is 0 Å². The van der Waals surface area contributed by atoms with Gasteiger partial charge >= 0.3 is 0 Å². The molecule has 0 unspecified atom stereocenters. The maximum absolute atomic E-state index is 13.3. The molecule has 0 atom stereocenters. The van der Waals surface area contributed by atoms with Gasteiger partial charge < -0.3 is 5.32 Å². The molecule has 0 aliphatic rings. The van der Waals surface area contributed by atoms with Gasteiger partial charge in [0.05, 0.1) is 4.90 Å². The predicted molar refractivity (Wildman–Crippen MR) is 109 cm³/mol. The number of halogens is 1. The molecule has 138 valence electrons. The van der Waals surface area contributed by atoms with Crippen LogP contribution in [-0.4, -0.2) is 14.7 Å². The van der Waals surface area contributed by atoms with Crippen molar-refractivity contribution in [3.63, 3.8) is 0 Å². The lowest BCUT2D eigenvalue weighted by Gasteiger charge is -2.16. The van der Waals surface area contributed by atoms with Gasteiger partial charge in [-0.05, 0) is 60.0 Å². The van der Waals surface area contributed by atoms with E-state index in [0.29, 0.717) is 0 Å². The monoisotopic (exact) mass is 381 g/mol. The summed E-state index contributed by atoms with van der Waals surface area (Å²) in [5.41, 5.74) is 4.37. The number of hydrogen-bond donors (Lipinski definition) is 1. The lowest BCUT2D eigenvalue weighted by atomic mass is 10.0. The molecule has 0 radical (unpaired) electrons. The molecule has 0 amide bonds. The first-order valence-corrected chi connectivity index (χ1v) is 10.3. The number of rotatable bonds is 5. The Morgan fingerprint density at radius 2 is 1.37 bits per heavy atom. The van der Waals surface area contributed by atoms with Crippen LogP contribution in [0.5, 0.6) is 0 Å². The number of hydrogen-bond acceptors (Lipinski definition) is 3. The summed E-state index contributed by atoms with van der Waals surface area (Å²) in [7, 11) is -3.26. The molecule has 5 heteroatoms. The fraction of sp³-hybridized carbons (Fsp3) is 0.0909. The quantitative estimate of drug-likeness (QED) is 0.616. The van der Waals surface area contributed by atoms with E-state index in [1.807, 2.05) is 37.3 Å². The molecule has 3 nitrogen and oxygen atoms in total. The van der Waals surface area contributed by atoms with Crippen LogP contribution in [0, 0.1) is 5.82 Å². The molecule has 0 aliphatic heterocycles. The van der Waals surface area contributed by atoms with Crippen molar-refractivity contribution in [1.82, 2.24) is 0 Å². The molecule has 0 aliphatic carbocycles. The SMILES string of the molecule is C/C(=C(\Nc1ccccc1)c1ccc(S(C)(=O)=O)cc1)c1ccc(F)cc1. The predicted octanol–water partition coefficient (Wildman–Crippen LogP) is 5.23. The zero-order valence-electron chi connectivity index (χ0n) is 15.1. The van der Waals surface area contributed by atoms with Crippen molar-refractivity contribution in [3.05, 3.63) is 95.8 Å². The Kier molecular flexibility index (Phi) is 5.42. The van der Waals surface area contributed by atoms with Gasteiger partial charge in [0.25, 0.3) is 0 Å². The molecule has 0 saturated heterocycles. The zero-order chi connectivity index (χ0) is 19.4. The Hall–Kier alpha value is -2.92. The highest BCUT2D eigenvalue weighted by Crippen LogP contribution is 2.28. The molecule has 0 bridgehead atoms. The molecule has 1 N–H and O–H groups in total. The molecule has 3 aromatic rings. The summed E-state index contributed by atoms with van der Waals surface area (Å²) in [6.45, 7) is 1.95. The van der Waals surface area contributed by atoms with E-state index in [1.165, 1.54) is 18.4 Å². The van der Waals surface area contributed by atoms with Crippen molar-refractivity contribution in [2.24, 2.45) is 0 Å². The Morgan fingerprint density at radius 1 is 0.815 bits per heavy atom. The van der Waals surface area contributed by atoms with E-state index in [2.05, 4.69) is 5.32 Å². The lowest BCUT2D eigenvalue weighted by molar-refractivity contribution is 0.602. The second kappa shape index (κ2) is 7.76. The topological polar surface area (TPSA) is 46.2 Å². The molecule has 0 spiro atoms. The van der Waals surface area contributed by atoms with Gasteiger partial charge in [0, 0.05) is 17.6 Å². The van der Waals surface area contributed by atoms with Crippen LogP contribution in [0.3, 0.4) is 0 Å². The van der Waals surface area contributed by atoms with E-state index in [0.717, 1.165) is 28.1 Å². The van der Waals surface area contributed by atoms with Gasteiger partial charge in [0.15, 0.2) is 9.84 Å². The van der Waals surface area contributed by atoms with Crippen LogP contribution in [0.2, 0.25) is 0 Å². The molecular weight excluding hydrogens is 361 g/mol. The van der Waals surface area contributed by atoms with E-state index in [9.17, 15) is 12.8 Å². The summed E-state index contributed by atoms with van der Waals surface area (Å²) < 4.78 is 36.7. The minimum Gasteiger partial charge on any atom is -0.355 e. The van der Waals surface area contributed by atoms with Crippen LogP contribution in [0.1, 0.15) is 18.1 Å². The Bertz CT molecular complexity index is 1060. The molecule has 0 fully saturated rings. The third kappa shape index (κ3) is 4.63. The third-order valence-electron chi connectivity index (χ3n) is 4.27. The van der Waals surface area contributed by atoms with Crippen LogP contribution in [0.4, 0.5) is 10.1 Å². The molecule has 0 saturated carbocycles. The summed E-state index contributed by atoms with van der Waals surface area (Å²) in [4.78, 5) is 0.268. The maximum Gasteiger partial charge on any atom is 0.175 e. The maximum atomic E-state index is 13.3. The first kappa shape index (κ1) is 18.9. The Morgan fingerprint density at radius 3 is 1.93 bits per heavy atom. The highest BCUT2D eigenvalue weighted by Gasteiger charge is 2.12. The van der Waals surface area contributed by atoms with Gasteiger partial charge in [0.1, 0.15) is 5.82 Å². The smallest absolute Gasteiger partial charge is 0.175 e. The van der Waals surface area contributed by atoms with Gasteiger partial charge in [-0.1, -0.05) is 42.5 Å². The van der Waals surface area contributed by atoms with E-state index in [4.69, 9.17) is 0 Å². The van der Waals surface area contributed by atoms with Gasteiger partial charge in [0.2, 0.25) is 0 Å². The highest BCUT2D eigenvalue weighted by molar-refractivity contribution is 7.90. The number of benzene rings is 3. The minimum absolute atomic E-state index is 0.268. The lowest BCUT2D eigenvalue weighted by Crippen LogP contribution is -2.03. The van der Waals surface area contributed by atoms with Crippen LogP contribution in [-0.2, 0) is 9.84 Å². The molecule has 27 heavy (non-hydrogen) atoms. The summed E-state index contributed by atoms with van der Waals surface area (Å²) in [5, 5.41) is 3.40. The molecular formula is C22H20FNO2S. The summed E-state index contributed by atoms with van der Waals surface area (Å²) in [5.74, 6) is -0.290. The van der Waals surface area contributed by atoms with Crippen LogP contribution in [0.25, 0.3) is 11.3 Å².